The van der Waals surface area contributed by atoms with E-state index in [2.05, 4.69) is 0 Å². The highest BCUT2D eigenvalue weighted by Crippen LogP contribution is 2.48. The molecule has 5 atom stereocenters. The van der Waals surface area contributed by atoms with Gasteiger partial charge < -0.3 is 23.8 Å². The second kappa shape index (κ2) is 8.60. The fourth-order valence-electron chi connectivity index (χ4n) is 5.43. The van der Waals surface area contributed by atoms with E-state index in [4.69, 9.17) is 30.5 Å². The number of alkyl halides is 1. The molecule has 3 heterocycles. The van der Waals surface area contributed by atoms with Crippen LogP contribution in [0.5, 0.6) is 11.5 Å². The third kappa shape index (κ3) is 3.55. The van der Waals surface area contributed by atoms with Crippen LogP contribution in [0.25, 0.3) is 0 Å². The first-order chi connectivity index (χ1) is 15.5. The number of carbonyl (C=O) groups excluding carboxylic acids is 2. The van der Waals surface area contributed by atoms with Gasteiger partial charge in [-0.05, 0) is 49.8 Å². The van der Waals surface area contributed by atoms with E-state index in [0.29, 0.717) is 43.1 Å². The molecule has 1 aliphatic carbocycles. The van der Waals surface area contributed by atoms with Crippen molar-refractivity contribution >= 4 is 23.3 Å². The van der Waals surface area contributed by atoms with Crippen molar-refractivity contribution < 1.29 is 28.5 Å². The van der Waals surface area contributed by atoms with Gasteiger partial charge in [0.1, 0.15) is 6.10 Å². The fraction of sp³-hybridized carbons (Fsp3) is 0.583. The van der Waals surface area contributed by atoms with E-state index in [1.165, 1.54) is 0 Å². The lowest BCUT2D eigenvalue weighted by Crippen LogP contribution is -2.41. The highest BCUT2D eigenvalue weighted by atomic mass is 35.5. The molecular weight excluding hydrogens is 434 g/mol. The zero-order chi connectivity index (χ0) is 22.4. The number of hydrogen-bond acceptors (Lipinski definition) is 6. The van der Waals surface area contributed by atoms with E-state index in [1.807, 2.05) is 12.1 Å². The number of ketones is 1. The lowest BCUT2D eigenvalue weighted by molar-refractivity contribution is -0.136. The summed E-state index contributed by atoms with van der Waals surface area (Å²) >= 11 is 6.39. The molecule has 32 heavy (non-hydrogen) atoms. The molecule has 5 unspecified atom stereocenters. The number of amides is 1. The van der Waals surface area contributed by atoms with Gasteiger partial charge in [-0.1, -0.05) is 6.07 Å². The van der Waals surface area contributed by atoms with Crippen LogP contribution in [-0.2, 0) is 19.1 Å². The van der Waals surface area contributed by atoms with E-state index in [-0.39, 0.29) is 41.0 Å². The number of ether oxygens (including phenoxy) is 4. The number of carbonyl (C=O) groups is 2. The molecule has 8 heteroatoms. The first-order valence-electron chi connectivity index (χ1n) is 11.3. The van der Waals surface area contributed by atoms with Crippen molar-refractivity contribution in [2.24, 2.45) is 5.92 Å². The predicted molar refractivity (Wildman–Crippen MR) is 117 cm³/mol. The third-order valence-corrected chi connectivity index (χ3v) is 7.42. The van der Waals surface area contributed by atoms with Crippen molar-refractivity contribution in [3.63, 3.8) is 0 Å². The average molecular weight is 462 g/mol. The number of benzene rings is 1. The van der Waals surface area contributed by atoms with Crippen molar-refractivity contribution in [1.82, 2.24) is 4.90 Å². The predicted octanol–water partition coefficient (Wildman–Crippen LogP) is 3.40. The van der Waals surface area contributed by atoms with Crippen molar-refractivity contribution in [3.8, 4) is 11.5 Å². The largest absolute Gasteiger partial charge is 0.493 e. The number of hydrogen-bond donors (Lipinski definition) is 0. The molecule has 1 saturated heterocycles. The molecule has 4 aliphatic rings. The summed E-state index contributed by atoms with van der Waals surface area (Å²) in [4.78, 5) is 29.0. The van der Waals surface area contributed by atoms with Gasteiger partial charge in [-0.25, -0.2) is 0 Å². The zero-order valence-electron chi connectivity index (χ0n) is 18.3. The SMILES string of the molecule is COc1ccc(C2C3=C(OC4CCC(Cl)CC4C3=O)C(=O)N2CC2CCCO2)cc1OC. The number of fused-ring (bicyclic) bond motifs is 1. The quantitative estimate of drug-likeness (QED) is 0.626. The van der Waals surface area contributed by atoms with Crippen LogP contribution in [-0.4, -0.2) is 61.5 Å². The van der Waals surface area contributed by atoms with Crippen molar-refractivity contribution in [3.05, 3.63) is 35.1 Å². The van der Waals surface area contributed by atoms with Gasteiger partial charge in [0.25, 0.3) is 5.91 Å². The minimum atomic E-state index is -0.550. The number of nitrogens with zero attached hydrogens (tertiary/aromatic N) is 1. The molecule has 0 N–H and O–H groups in total. The Labute approximate surface area is 192 Å². The van der Waals surface area contributed by atoms with E-state index >= 15 is 0 Å². The number of methoxy groups -OCH3 is 2. The summed E-state index contributed by atoms with van der Waals surface area (Å²) in [7, 11) is 3.14. The minimum absolute atomic E-state index is 0.0235. The highest BCUT2D eigenvalue weighted by molar-refractivity contribution is 6.21. The second-order valence-corrected chi connectivity index (χ2v) is 9.51. The molecule has 1 saturated carbocycles. The molecule has 2 fully saturated rings. The molecule has 1 aromatic carbocycles. The molecule has 0 spiro atoms. The maximum absolute atomic E-state index is 13.7. The van der Waals surface area contributed by atoms with Crippen LogP contribution in [0, 0.1) is 5.92 Å². The first-order valence-corrected chi connectivity index (χ1v) is 11.7. The Balaban J connectivity index is 1.57. The summed E-state index contributed by atoms with van der Waals surface area (Å²) in [5, 5.41) is -0.0504. The lowest BCUT2D eigenvalue weighted by Gasteiger charge is -2.37. The summed E-state index contributed by atoms with van der Waals surface area (Å²) in [6.07, 6.45) is 3.56. The Bertz CT molecular complexity index is 956. The molecule has 0 radical (unpaired) electrons. The number of halogens is 1. The molecule has 5 rings (SSSR count). The Hall–Kier alpha value is -2.25. The van der Waals surface area contributed by atoms with Crippen LogP contribution in [0.4, 0.5) is 0 Å². The van der Waals surface area contributed by atoms with Crippen molar-refractivity contribution in [1.29, 1.82) is 0 Å². The molecule has 1 aromatic rings. The van der Waals surface area contributed by atoms with E-state index in [9.17, 15) is 9.59 Å². The van der Waals surface area contributed by atoms with E-state index in [0.717, 1.165) is 24.8 Å². The van der Waals surface area contributed by atoms with E-state index < -0.39 is 6.04 Å². The Morgan fingerprint density at radius 2 is 1.94 bits per heavy atom. The van der Waals surface area contributed by atoms with Gasteiger partial charge in [0.2, 0.25) is 0 Å². The van der Waals surface area contributed by atoms with Gasteiger partial charge in [-0.2, -0.15) is 0 Å². The second-order valence-electron chi connectivity index (χ2n) is 8.89. The van der Waals surface area contributed by atoms with Crippen molar-refractivity contribution in [2.75, 3.05) is 27.4 Å². The van der Waals surface area contributed by atoms with Crippen LogP contribution >= 0.6 is 11.6 Å². The van der Waals surface area contributed by atoms with Crippen LogP contribution in [0.1, 0.15) is 43.7 Å². The molecular formula is C24H28ClNO6. The normalized spacial score (nSPS) is 32.0. The monoisotopic (exact) mass is 461 g/mol. The highest BCUT2D eigenvalue weighted by Gasteiger charge is 2.53. The summed E-state index contributed by atoms with van der Waals surface area (Å²) in [5.74, 6) is 0.748. The smallest absolute Gasteiger partial charge is 0.290 e. The van der Waals surface area contributed by atoms with E-state index in [1.54, 1.807) is 25.2 Å². The Kier molecular flexibility index (Phi) is 5.80. The summed E-state index contributed by atoms with van der Waals surface area (Å²) < 4.78 is 22.9. The van der Waals surface area contributed by atoms with Crippen LogP contribution in [0.15, 0.2) is 29.5 Å². The molecule has 172 valence electrons. The zero-order valence-corrected chi connectivity index (χ0v) is 19.1. The molecule has 0 aromatic heterocycles. The van der Waals surface area contributed by atoms with Gasteiger partial charge >= 0.3 is 0 Å². The van der Waals surface area contributed by atoms with Gasteiger partial charge in [0.05, 0.1) is 37.9 Å². The van der Waals surface area contributed by atoms with Gasteiger partial charge in [0, 0.05) is 18.5 Å². The maximum Gasteiger partial charge on any atom is 0.290 e. The van der Waals surface area contributed by atoms with Crippen molar-refractivity contribution in [2.45, 2.75) is 55.7 Å². The van der Waals surface area contributed by atoms with Crippen LogP contribution in [0.3, 0.4) is 0 Å². The number of rotatable bonds is 5. The Morgan fingerprint density at radius 1 is 1.12 bits per heavy atom. The summed E-state index contributed by atoms with van der Waals surface area (Å²) in [5.41, 5.74) is 1.22. The van der Waals surface area contributed by atoms with Gasteiger partial charge in [-0.15, -0.1) is 11.6 Å². The van der Waals surface area contributed by atoms with Crippen LogP contribution < -0.4 is 9.47 Å². The van der Waals surface area contributed by atoms with Gasteiger partial charge in [-0.3, -0.25) is 9.59 Å². The third-order valence-electron chi connectivity index (χ3n) is 7.03. The number of Topliss-reactive ketones (excluding diaryl/α,β-unsaturated/α-hetero) is 1. The summed E-state index contributed by atoms with van der Waals surface area (Å²) in [6.45, 7) is 1.10. The molecule has 1 amide bonds. The average Bonchev–Trinajstić information content (AvgIpc) is 3.41. The standard InChI is InChI=1S/C24H28ClNO6/c1-29-18-7-5-13(10-19(18)30-2)21-20-22(27)16-11-14(25)6-8-17(16)32-23(20)24(28)26(21)12-15-4-3-9-31-15/h5,7,10,14-17,21H,3-4,6,8-9,11-12H2,1-2H3. The maximum atomic E-state index is 13.7. The molecule has 7 nitrogen and oxygen atoms in total. The lowest BCUT2D eigenvalue weighted by atomic mass is 9.77. The van der Waals surface area contributed by atoms with Gasteiger partial charge in [0.15, 0.2) is 23.0 Å². The topological polar surface area (TPSA) is 74.3 Å². The molecule has 0 bridgehead atoms. The minimum Gasteiger partial charge on any atom is -0.493 e. The molecule has 3 aliphatic heterocycles. The Morgan fingerprint density at radius 3 is 2.66 bits per heavy atom. The summed E-state index contributed by atoms with van der Waals surface area (Å²) in [6, 6.07) is 4.96. The first kappa shape index (κ1) is 21.6. The fourth-order valence-corrected chi connectivity index (χ4v) is 5.75. The van der Waals surface area contributed by atoms with Crippen LogP contribution in [0.2, 0.25) is 0 Å².